The SMILES string of the molecule is O=S(=O)(NCc1cccnc1)c1c(Cl)cccc1Cl. The molecule has 0 atom stereocenters. The van der Waals surface area contributed by atoms with Crippen molar-refractivity contribution < 1.29 is 8.42 Å². The van der Waals surface area contributed by atoms with Crippen LogP contribution in [0.3, 0.4) is 0 Å². The van der Waals surface area contributed by atoms with Crippen LogP contribution in [0.1, 0.15) is 5.56 Å². The summed E-state index contributed by atoms with van der Waals surface area (Å²) in [6, 6.07) is 8.04. The number of hydrogen-bond acceptors (Lipinski definition) is 3. The van der Waals surface area contributed by atoms with E-state index in [1.807, 2.05) is 0 Å². The third kappa shape index (κ3) is 3.45. The molecule has 0 radical (unpaired) electrons. The number of sulfonamides is 1. The predicted molar refractivity (Wildman–Crippen MR) is 74.7 cm³/mol. The second kappa shape index (κ2) is 5.88. The third-order valence-electron chi connectivity index (χ3n) is 2.38. The second-order valence-electron chi connectivity index (χ2n) is 3.74. The number of nitrogens with zero attached hydrogens (tertiary/aromatic N) is 1. The standard InChI is InChI=1S/C12H10Cl2N2O2S/c13-10-4-1-5-11(14)12(10)19(17,18)16-8-9-3-2-6-15-7-9/h1-7,16H,8H2. The van der Waals surface area contributed by atoms with Crippen LogP contribution in [0.5, 0.6) is 0 Å². The van der Waals surface area contributed by atoms with Crippen molar-refractivity contribution >= 4 is 33.2 Å². The van der Waals surface area contributed by atoms with E-state index in [9.17, 15) is 8.42 Å². The molecule has 0 saturated carbocycles. The van der Waals surface area contributed by atoms with Gasteiger partial charge in [-0.05, 0) is 23.8 Å². The minimum Gasteiger partial charge on any atom is -0.264 e. The monoisotopic (exact) mass is 316 g/mol. The van der Waals surface area contributed by atoms with Gasteiger partial charge in [0.05, 0.1) is 10.0 Å². The second-order valence-corrected chi connectivity index (χ2v) is 6.25. The van der Waals surface area contributed by atoms with Gasteiger partial charge in [0.1, 0.15) is 4.90 Å². The van der Waals surface area contributed by atoms with Crippen LogP contribution in [0.2, 0.25) is 10.0 Å². The molecule has 1 aromatic carbocycles. The maximum atomic E-state index is 12.1. The fourth-order valence-electron chi connectivity index (χ4n) is 1.49. The van der Waals surface area contributed by atoms with Crippen LogP contribution in [0.15, 0.2) is 47.6 Å². The summed E-state index contributed by atoms with van der Waals surface area (Å²) >= 11 is 11.8. The third-order valence-corrected chi connectivity index (χ3v) is 4.73. The first-order valence-corrected chi connectivity index (χ1v) is 7.57. The lowest BCUT2D eigenvalue weighted by molar-refractivity contribution is 0.581. The van der Waals surface area contributed by atoms with E-state index in [1.54, 1.807) is 30.6 Å². The van der Waals surface area contributed by atoms with Crippen molar-refractivity contribution in [3.05, 3.63) is 58.3 Å². The zero-order chi connectivity index (χ0) is 13.9. The normalized spacial score (nSPS) is 11.5. The van der Waals surface area contributed by atoms with E-state index in [1.165, 1.54) is 12.1 Å². The quantitative estimate of drug-likeness (QED) is 0.943. The van der Waals surface area contributed by atoms with Crippen molar-refractivity contribution in [1.29, 1.82) is 0 Å². The van der Waals surface area contributed by atoms with Gasteiger partial charge in [0.2, 0.25) is 10.0 Å². The molecule has 0 bridgehead atoms. The van der Waals surface area contributed by atoms with Gasteiger partial charge >= 0.3 is 0 Å². The van der Waals surface area contributed by atoms with Crippen molar-refractivity contribution in [1.82, 2.24) is 9.71 Å². The molecule has 4 nitrogen and oxygen atoms in total. The fraction of sp³-hybridized carbons (Fsp3) is 0.0833. The molecule has 0 unspecified atom stereocenters. The molecule has 0 amide bonds. The van der Waals surface area contributed by atoms with Crippen LogP contribution in [0, 0.1) is 0 Å². The minimum absolute atomic E-state index is 0.0891. The van der Waals surface area contributed by atoms with Crippen LogP contribution in [0.25, 0.3) is 0 Å². The minimum atomic E-state index is -3.76. The molecule has 100 valence electrons. The van der Waals surface area contributed by atoms with Gasteiger partial charge in [-0.2, -0.15) is 0 Å². The van der Waals surface area contributed by atoms with Gasteiger partial charge in [0, 0.05) is 18.9 Å². The average molecular weight is 317 g/mol. The van der Waals surface area contributed by atoms with Gasteiger partial charge in [0.15, 0.2) is 0 Å². The predicted octanol–water partition coefficient (Wildman–Crippen LogP) is 2.87. The molecular formula is C12H10Cl2N2O2S. The summed E-state index contributed by atoms with van der Waals surface area (Å²) in [5, 5.41) is 0.178. The Hall–Kier alpha value is -1.14. The number of rotatable bonds is 4. The molecule has 7 heteroatoms. The first-order valence-electron chi connectivity index (χ1n) is 5.33. The van der Waals surface area contributed by atoms with Crippen LogP contribution in [0.4, 0.5) is 0 Å². The van der Waals surface area contributed by atoms with Crippen molar-refractivity contribution in [2.75, 3.05) is 0 Å². The number of hydrogen-bond donors (Lipinski definition) is 1. The molecule has 1 aromatic heterocycles. The highest BCUT2D eigenvalue weighted by Gasteiger charge is 2.20. The summed E-state index contributed by atoms with van der Waals surface area (Å²) in [6.45, 7) is 0.123. The maximum absolute atomic E-state index is 12.1. The van der Waals surface area contributed by atoms with E-state index in [0.717, 1.165) is 5.56 Å². The van der Waals surface area contributed by atoms with Gasteiger partial charge in [-0.15, -0.1) is 0 Å². The van der Waals surface area contributed by atoms with Gasteiger partial charge in [-0.25, -0.2) is 13.1 Å². The van der Waals surface area contributed by atoms with Crippen molar-refractivity contribution in [2.45, 2.75) is 11.4 Å². The molecule has 19 heavy (non-hydrogen) atoms. The Bertz CT molecular complexity index is 655. The summed E-state index contributed by atoms with van der Waals surface area (Å²) in [6.07, 6.45) is 3.19. The van der Waals surface area contributed by atoms with E-state index in [2.05, 4.69) is 9.71 Å². The Balaban J connectivity index is 2.24. The van der Waals surface area contributed by atoms with E-state index in [4.69, 9.17) is 23.2 Å². The van der Waals surface area contributed by atoms with Crippen molar-refractivity contribution in [3.8, 4) is 0 Å². The molecule has 1 heterocycles. The molecule has 0 aliphatic rings. The lowest BCUT2D eigenvalue weighted by Gasteiger charge is -2.09. The molecule has 0 spiro atoms. The number of halogens is 2. The number of benzene rings is 1. The first kappa shape index (κ1) is 14.3. The van der Waals surface area contributed by atoms with Crippen LogP contribution < -0.4 is 4.72 Å². The molecule has 0 aliphatic heterocycles. The molecular weight excluding hydrogens is 307 g/mol. The van der Waals surface area contributed by atoms with Crippen molar-refractivity contribution in [2.24, 2.45) is 0 Å². The molecule has 0 aliphatic carbocycles. The van der Waals surface area contributed by atoms with Crippen molar-refractivity contribution in [3.63, 3.8) is 0 Å². The molecule has 0 saturated heterocycles. The highest BCUT2D eigenvalue weighted by molar-refractivity contribution is 7.89. The van der Waals surface area contributed by atoms with E-state index in [-0.39, 0.29) is 21.5 Å². The zero-order valence-corrected chi connectivity index (χ0v) is 12.0. The van der Waals surface area contributed by atoms with Crippen LogP contribution in [-0.4, -0.2) is 13.4 Å². The Morgan fingerprint density at radius 3 is 2.37 bits per heavy atom. The lowest BCUT2D eigenvalue weighted by Crippen LogP contribution is -2.24. The summed E-state index contributed by atoms with van der Waals surface area (Å²) in [4.78, 5) is 3.80. The Kier molecular flexibility index (Phi) is 4.42. The summed E-state index contributed by atoms with van der Waals surface area (Å²) in [7, 11) is -3.76. The molecule has 0 fully saturated rings. The lowest BCUT2D eigenvalue weighted by atomic mass is 10.3. The summed E-state index contributed by atoms with van der Waals surface area (Å²) in [5.41, 5.74) is 0.745. The molecule has 2 rings (SSSR count). The Labute approximate surface area is 121 Å². The highest BCUT2D eigenvalue weighted by atomic mass is 35.5. The van der Waals surface area contributed by atoms with E-state index >= 15 is 0 Å². The van der Waals surface area contributed by atoms with Crippen LogP contribution in [-0.2, 0) is 16.6 Å². The highest BCUT2D eigenvalue weighted by Crippen LogP contribution is 2.28. The van der Waals surface area contributed by atoms with Gasteiger partial charge in [-0.1, -0.05) is 35.3 Å². The Morgan fingerprint density at radius 1 is 1.11 bits per heavy atom. The number of nitrogens with one attached hydrogen (secondary N) is 1. The first-order chi connectivity index (χ1) is 9.00. The molecule has 1 N–H and O–H groups in total. The number of pyridine rings is 1. The largest absolute Gasteiger partial charge is 0.264 e. The summed E-state index contributed by atoms with van der Waals surface area (Å²) < 4.78 is 26.7. The van der Waals surface area contributed by atoms with Gasteiger partial charge in [0.25, 0.3) is 0 Å². The van der Waals surface area contributed by atoms with Gasteiger partial charge < -0.3 is 0 Å². The van der Waals surface area contributed by atoms with Gasteiger partial charge in [-0.3, -0.25) is 4.98 Å². The summed E-state index contributed by atoms with van der Waals surface area (Å²) in [5.74, 6) is 0. The fourth-order valence-corrected chi connectivity index (χ4v) is 3.65. The molecule has 2 aromatic rings. The Morgan fingerprint density at radius 2 is 1.79 bits per heavy atom. The number of aromatic nitrogens is 1. The zero-order valence-electron chi connectivity index (χ0n) is 9.68. The smallest absolute Gasteiger partial charge is 0.243 e. The average Bonchev–Trinajstić information content (AvgIpc) is 2.37. The van der Waals surface area contributed by atoms with E-state index < -0.39 is 10.0 Å². The van der Waals surface area contributed by atoms with Crippen LogP contribution >= 0.6 is 23.2 Å². The topological polar surface area (TPSA) is 59.1 Å². The maximum Gasteiger partial charge on any atom is 0.243 e. The van der Waals surface area contributed by atoms with E-state index in [0.29, 0.717) is 0 Å².